The lowest BCUT2D eigenvalue weighted by Gasteiger charge is -2.12. The largest absolute Gasteiger partial charge is 0.372 e. The predicted octanol–water partition coefficient (Wildman–Crippen LogP) is 3.11. The minimum absolute atomic E-state index is 0.114. The van der Waals surface area contributed by atoms with Crippen molar-refractivity contribution in [1.29, 1.82) is 0 Å². The molecule has 7 heteroatoms. The van der Waals surface area contributed by atoms with Gasteiger partial charge in [0, 0.05) is 19.5 Å². The zero-order valence-corrected chi connectivity index (χ0v) is 18.1. The van der Waals surface area contributed by atoms with E-state index in [-0.39, 0.29) is 18.9 Å². The van der Waals surface area contributed by atoms with E-state index >= 15 is 0 Å². The van der Waals surface area contributed by atoms with E-state index < -0.39 is 11.2 Å². The van der Waals surface area contributed by atoms with Gasteiger partial charge in [0.25, 0.3) is 5.56 Å². The minimum Gasteiger partial charge on any atom is -0.372 e. The molecule has 0 aliphatic heterocycles. The number of carbonyl (C=O) groups is 1. The maximum atomic E-state index is 12.5. The molecule has 4 aromatic rings. The van der Waals surface area contributed by atoms with Crippen LogP contribution >= 0.6 is 0 Å². The summed E-state index contributed by atoms with van der Waals surface area (Å²) < 4.78 is 7.26. The Balaban J connectivity index is 1.34. The number of carbonyl (C=O) groups excluding carboxylic acids is 1. The van der Waals surface area contributed by atoms with E-state index in [0.717, 1.165) is 16.7 Å². The van der Waals surface area contributed by atoms with Gasteiger partial charge in [-0.3, -0.25) is 19.1 Å². The number of para-hydroxylation sites is 1. The summed E-state index contributed by atoms with van der Waals surface area (Å²) in [6.45, 7) is 1.50. The molecule has 0 bridgehead atoms. The number of nitrogens with zero attached hydrogens (tertiary/aromatic N) is 1. The van der Waals surface area contributed by atoms with E-state index in [0.29, 0.717) is 30.7 Å². The van der Waals surface area contributed by atoms with Crippen molar-refractivity contribution in [2.24, 2.45) is 0 Å². The molecule has 0 spiro atoms. The van der Waals surface area contributed by atoms with Crippen molar-refractivity contribution >= 4 is 16.8 Å². The van der Waals surface area contributed by atoms with Crippen LogP contribution in [0.15, 0.2) is 88.5 Å². The molecule has 0 saturated heterocycles. The quantitative estimate of drug-likeness (QED) is 0.416. The minimum atomic E-state index is -0.521. The van der Waals surface area contributed by atoms with Crippen LogP contribution in [0.1, 0.15) is 23.1 Å². The van der Waals surface area contributed by atoms with E-state index in [2.05, 4.69) is 10.3 Å². The molecule has 2 N–H and O–H groups in total. The van der Waals surface area contributed by atoms with Crippen LogP contribution < -0.4 is 16.6 Å². The van der Waals surface area contributed by atoms with Gasteiger partial charge in [0.05, 0.1) is 24.1 Å². The summed E-state index contributed by atoms with van der Waals surface area (Å²) in [5.74, 6) is -0.183. The number of fused-ring (bicyclic) bond motifs is 1. The van der Waals surface area contributed by atoms with Gasteiger partial charge in [-0.25, -0.2) is 4.79 Å². The molecule has 0 fully saturated rings. The fourth-order valence-corrected chi connectivity index (χ4v) is 3.68. The number of rotatable bonds is 9. The summed E-state index contributed by atoms with van der Waals surface area (Å²) in [5, 5.41) is 3.33. The zero-order valence-electron chi connectivity index (χ0n) is 18.1. The number of benzene rings is 3. The normalized spacial score (nSPS) is 10.9. The second-order valence-corrected chi connectivity index (χ2v) is 7.70. The van der Waals surface area contributed by atoms with Crippen LogP contribution in [0, 0.1) is 0 Å². The van der Waals surface area contributed by atoms with Gasteiger partial charge < -0.3 is 10.1 Å². The fraction of sp³-hybridized carbons (Fsp3) is 0.192. The molecule has 0 aliphatic carbocycles. The Morgan fingerprint density at radius 2 is 1.55 bits per heavy atom. The van der Waals surface area contributed by atoms with Gasteiger partial charge in [-0.1, -0.05) is 66.7 Å². The number of H-pyrrole nitrogens is 1. The molecule has 0 saturated carbocycles. The SMILES string of the molecule is O=C(CCn1c(=O)[nH]c(=O)c2ccccc21)NCc1ccccc1COCc1ccccc1. The first-order chi connectivity index (χ1) is 16.1. The van der Waals surface area contributed by atoms with Crippen molar-refractivity contribution in [3.05, 3.63) is 116 Å². The molecular weight excluding hydrogens is 418 g/mol. The first-order valence-electron chi connectivity index (χ1n) is 10.8. The lowest BCUT2D eigenvalue weighted by atomic mass is 10.1. The number of hydrogen-bond donors (Lipinski definition) is 2. The molecule has 33 heavy (non-hydrogen) atoms. The molecule has 7 nitrogen and oxygen atoms in total. The molecule has 1 heterocycles. The third-order valence-electron chi connectivity index (χ3n) is 5.43. The Morgan fingerprint density at radius 3 is 2.36 bits per heavy atom. The van der Waals surface area contributed by atoms with Crippen LogP contribution in [0.25, 0.3) is 10.9 Å². The lowest BCUT2D eigenvalue weighted by molar-refractivity contribution is -0.121. The third-order valence-corrected chi connectivity index (χ3v) is 5.43. The van der Waals surface area contributed by atoms with E-state index in [1.807, 2.05) is 54.6 Å². The molecule has 3 aromatic carbocycles. The number of amides is 1. The molecule has 168 valence electrons. The van der Waals surface area contributed by atoms with Crippen molar-refractivity contribution < 1.29 is 9.53 Å². The number of ether oxygens (including phenoxy) is 1. The van der Waals surface area contributed by atoms with Crippen LogP contribution in [0.4, 0.5) is 0 Å². The van der Waals surface area contributed by atoms with E-state index in [1.165, 1.54) is 4.57 Å². The maximum Gasteiger partial charge on any atom is 0.328 e. The van der Waals surface area contributed by atoms with E-state index in [4.69, 9.17) is 4.74 Å². The number of hydrogen-bond acceptors (Lipinski definition) is 4. The summed E-state index contributed by atoms with van der Waals surface area (Å²) in [5.41, 5.74) is 2.66. The zero-order chi connectivity index (χ0) is 23.0. The monoisotopic (exact) mass is 443 g/mol. The Hall–Kier alpha value is -3.97. The van der Waals surface area contributed by atoms with Gasteiger partial charge in [0.15, 0.2) is 0 Å². The van der Waals surface area contributed by atoms with Crippen molar-refractivity contribution in [2.45, 2.75) is 32.7 Å². The van der Waals surface area contributed by atoms with Crippen molar-refractivity contribution in [3.63, 3.8) is 0 Å². The van der Waals surface area contributed by atoms with Gasteiger partial charge in [-0.05, 0) is 28.8 Å². The van der Waals surface area contributed by atoms with Crippen LogP contribution in [0.5, 0.6) is 0 Å². The summed E-state index contributed by atoms with van der Waals surface area (Å²) in [7, 11) is 0. The topological polar surface area (TPSA) is 93.2 Å². The second-order valence-electron chi connectivity index (χ2n) is 7.70. The number of aromatic nitrogens is 2. The molecule has 0 radical (unpaired) electrons. The van der Waals surface area contributed by atoms with Crippen molar-refractivity contribution in [2.75, 3.05) is 0 Å². The smallest absolute Gasteiger partial charge is 0.328 e. The molecule has 0 unspecified atom stereocenters. The maximum absolute atomic E-state index is 12.5. The van der Waals surface area contributed by atoms with Crippen LogP contribution in [0.2, 0.25) is 0 Å². The lowest BCUT2D eigenvalue weighted by Crippen LogP contribution is -2.32. The Kier molecular flexibility index (Phi) is 7.12. The Labute approximate surface area is 190 Å². The van der Waals surface area contributed by atoms with Gasteiger partial charge in [-0.15, -0.1) is 0 Å². The molecule has 1 aromatic heterocycles. The Morgan fingerprint density at radius 1 is 0.848 bits per heavy atom. The van der Waals surface area contributed by atoms with Gasteiger partial charge in [0.2, 0.25) is 5.91 Å². The predicted molar refractivity (Wildman–Crippen MR) is 127 cm³/mol. The van der Waals surface area contributed by atoms with Crippen LogP contribution in [0.3, 0.4) is 0 Å². The highest BCUT2D eigenvalue weighted by Crippen LogP contribution is 2.12. The summed E-state index contributed by atoms with van der Waals surface area (Å²) in [6.07, 6.45) is 0.114. The van der Waals surface area contributed by atoms with Gasteiger partial charge >= 0.3 is 5.69 Å². The number of aryl methyl sites for hydroxylation is 1. The molecule has 1 amide bonds. The average molecular weight is 444 g/mol. The highest BCUT2D eigenvalue weighted by Gasteiger charge is 2.10. The van der Waals surface area contributed by atoms with Gasteiger partial charge in [0.1, 0.15) is 0 Å². The summed E-state index contributed by atoms with van der Waals surface area (Å²) in [6, 6.07) is 24.6. The van der Waals surface area contributed by atoms with Crippen LogP contribution in [-0.4, -0.2) is 15.5 Å². The summed E-state index contributed by atoms with van der Waals surface area (Å²) >= 11 is 0. The average Bonchev–Trinajstić information content (AvgIpc) is 2.84. The van der Waals surface area contributed by atoms with E-state index in [1.54, 1.807) is 24.3 Å². The Bertz CT molecular complexity index is 1360. The molecular formula is C26H25N3O4. The number of nitrogens with one attached hydrogen (secondary N) is 2. The standard InChI is InChI=1S/C26H25N3O4/c30-24(14-15-29-23-13-7-6-12-22(23)25(31)28-26(29)32)27-16-20-10-4-5-11-21(20)18-33-17-19-8-2-1-3-9-19/h1-13H,14-18H2,(H,27,30)(H,28,31,32). The first-order valence-corrected chi connectivity index (χ1v) is 10.8. The third kappa shape index (κ3) is 5.64. The molecule has 4 rings (SSSR count). The van der Waals surface area contributed by atoms with Crippen molar-refractivity contribution in [1.82, 2.24) is 14.9 Å². The molecule has 0 atom stereocenters. The number of aromatic amines is 1. The van der Waals surface area contributed by atoms with Crippen molar-refractivity contribution in [3.8, 4) is 0 Å². The van der Waals surface area contributed by atoms with Crippen LogP contribution in [-0.2, 0) is 35.8 Å². The second kappa shape index (κ2) is 10.6. The fourth-order valence-electron chi connectivity index (χ4n) is 3.68. The van der Waals surface area contributed by atoms with E-state index in [9.17, 15) is 14.4 Å². The molecule has 0 aliphatic rings. The summed E-state index contributed by atoms with van der Waals surface area (Å²) in [4.78, 5) is 39.0. The van der Waals surface area contributed by atoms with Gasteiger partial charge in [-0.2, -0.15) is 0 Å². The highest BCUT2D eigenvalue weighted by molar-refractivity contribution is 5.78. The highest BCUT2D eigenvalue weighted by atomic mass is 16.5. The first kappa shape index (κ1) is 22.2.